The van der Waals surface area contributed by atoms with Crippen LogP contribution in [0.5, 0.6) is 5.75 Å². The molecule has 8 nitrogen and oxygen atoms in total. The number of pyridine rings is 1. The molecule has 0 aliphatic rings. The molecule has 0 unspecified atom stereocenters. The standard InChI is InChI=1S/C17H17N5O3/c1-12(23)25-22-17(21-16-9-13(10-18)7-8-19-16)20-11-14-5-3-4-6-15(14)24-2/h3-9H,11H2,1-2H3,(H2,19,20,21,22). The van der Waals surface area contributed by atoms with Gasteiger partial charge in [0.05, 0.1) is 25.3 Å². The molecule has 0 fully saturated rings. The van der Waals surface area contributed by atoms with Crippen molar-refractivity contribution in [1.29, 1.82) is 5.26 Å². The molecule has 0 spiro atoms. The third-order valence-electron chi connectivity index (χ3n) is 3.03. The number of hydroxylamine groups is 1. The number of nitrogens with zero attached hydrogens (tertiary/aromatic N) is 3. The monoisotopic (exact) mass is 339 g/mol. The number of aliphatic imine (C=N–C) groups is 1. The number of para-hydroxylation sites is 1. The maximum Gasteiger partial charge on any atom is 0.329 e. The van der Waals surface area contributed by atoms with Crippen molar-refractivity contribution < 1.29 is 14.4 Å². The molecule has 0 aliphatic carbocycles. The molecular formula is C17H17N5O3. The minimum absolute atomic E-state index is 0.170. The third-order valence-corrected chi connectivity index (χ3v) is 3.03. The molecule has 0 radical (unpaired) electrons. The number of hydrogen-bond acceptors (Lipinski definition) is 6. The fourth-order valence-corrected chi connectivity index (χ4v) is 1.91. The van der Waals surface area contributed by atoms with Crippen molar-refractivity contribution >= 4 is 17.7 Å². The highest BCUT2D eigenvalue weighted by atomic mass is 16.7. The molecule has 25 heavy (non-hydrogen) atoms. The first-order valence-corrected chi connectivity index (χ1v) is 7.35. The van der Waals surface area contributed by atoms with Crippen molar-refractivity contribution in [3.8, 4) is 11.8 Å². The highest BCUT2D eigenvalue weighted by Gasteiger charge is 2.06. The van der Waals surface area contributed by atoms with Crippen molar-refractivity contribution in [3.05, 3.63) is 53.7 Å². The third kappa shape index (κ3) is 5.51. The lowest BCUT2D eigenvalue weighted by atomic mass is 10.2. The maximum absolute atomic E-state index is 11.0. The molecular weight excluding hydrogens is 322 g/mol. The van der Waals surface area contributed by atoms with E-state index in [1.54, 1.807) is 19.2 Å². The zero-order chi connectivity index (χ0) is 18.1. The van der Waals surface area contributed by atoms with E-state index in [1.807, 2.05) is 30.3 Å². The van der Waals surface area contributed by atoms with Gasteiger partial charge in [-0.15, -0.1) is 0 Å². The number of methoxy groups -OCH3 is 1. The summed E-state index contributed by atoms with van der Waals surface area (Å²) in [7, 11) is 1.58. The van der Waals surface area contributed by atoms with E-state index in [0.717, 1.165) is 5.56 Å². The number of guanidine groups is 1. The second-order valence-corrected chi connectivity index (χ2v) is 4.84. The van der Waals surface area contributed by atoms with Crippen LogP contribution in [0.25, 0.3) is 0 Å². The van der Waals surface area contributed by atoms with E-state index in [0.29, 0.717) is 17.1 Å². The molecule has 0 aliphatic heterocycles. The van der Waals surface area contributed by atoms with Crippen LogP contribution in [0.3, 0.4) is 0 Å². The van der Waals surface area contributed by atoms with Crippen LogP contribution in [0.2, 0.25) is 0 Å². The molecule has 0 saturated carbocycles. The van der Waals surface area contributed by atoms with Gasteiger partial charge in [-0.3, -0.25) is 4.79 Å². The first kappa shape index (κ1) is 17.7. The van der Waals surface area contributed by atoms with Gasteiger partial charge in [0.2, 0.25) is 5.96 Å². The zero-order valence-electron chi connectivity index (χ0n) is 13.8. The Balaban J connectivity index is 2.19. The summed E-state index contributed by atoms with van der Waals surface area (Å²) < 4.78 is 5.28. The smallest absolute Gasteiger partial charge is 0.329 e. The molecule has 0 saturated heterocycles. The lowest BCUT2D eigenvalue weighted by molar-refractivity contribution is -0.145. The summed E-state index contributed by atoms with van der Waals surface area (Å²) in [6, 6.07) is 12.6. The van der Waals surface area contributed by atoms with Crippen molar-refractivity contribution in [2.75, 3.05) is 12.4 Å². The second-order valence-electron chi connectivity index (χ2n) is 4.84. The highest BCUT2D eigenvalue weighted by molar-refractivity contribution is 5.92. The average molecular weight is 339 g/mol. The molecule has 8 heteroatoms. The van der Waals surface area contributed by atoms with E-state index in [9.17, 15) is 4.79 Å². The SMILES string of the molecule is COc1ccccc1CN=C(NOC(C)=O)Nc1cc(C#N)ccn1. The van der Waals surface area contributed by atoms with Crippen LogP contribution in [0.15, 0.2) is 47.6 Å². The number of rotatable bonds is 4. The largest absolute Gasteiger partial charge is 0.496 e. The molecule has 2 N–H and O–H groups in total. The molecule has 0 bridgehead atoms. The van der Waals surface area contributed by atoms with Gasteiger partial charge in [-0.25, -0.2) is 9.98 Å². The summed E-state index contributed by atoms with van der Waals surface area (Å²) in [5.41, 5.74) is 3.73. The van der Waals surface area contributed by atoms with E-state index >= 15 is 0 Å². The van der Waals surface area contributed by atoms with Gasteiger partial charge in [0.15, 0.2) is 0 Å². The molecule has 1 aromatic heterocycles. The van der Waals surface area contributed by atoms with Gasteiger partial charge in [0.25, 0.3) is 0 Å². The fraction of sp³-hybridized carbons (Fsp3) is 0.176. The Morgan fingerprint density at radius 2 is 2.16 bits per heavy atom. The summed E-state index contributed by atoms with van der Waals surface area (Å²) in [5.74, 6) is 0.731. The van der Waals surface area contributed by atoms with Gasteiger partial charge in [0.1, 0.15) is 11.6 Å². The number of carbonyl (C=O) groups excluding carboxylic acids is 1. The molecule has 0 amide bonds. The molecule has 128 valence electrons. The zero-order valence-corrected chi connectivity index (χ0v) is 13.8. The molecule has 2 rings (SSSR count). The topological polar surface area (TPSA) is 109 Å². The summed E-state index contributed by atoms with van der Waals surface area (Å²) in [6.07, 6.45) is 1.49. The summed E-state index contributed by atoms with van der Waals surface area (Å²) >= 11 is 0. The van der Waals surface area contributed by atoms with Crippen LogP contribution in [0, 0.1) is 11.3 Å². The van der Waals surface area contributed by atoms with Crippen LogP contribution in [-0.2, 0) is 16.2 Å². The number of nitriles is 1. The van der Waals surface area contributed by atoms with Gasteiger partial charge in [-0.2, -0.15) is 10.7 Å². The molecule has 1 aromatic carbocycles. The Morgan fingerprint density at radius 3 is 2.88 bits per heavy atom. The summed E-state index contributed by atoms with van der Waals surface area (Å²) in [6.45, 7) is 1.54. The number of nitrogens with one attached hydrogen (secondary N) is 2. The van der Waals surface area contributed by atoms with Crippen LogP contribution in [0.4, 0.5) is 5.82 Å². The number of aromatic nitrogens is 1. The van der Waals surface area contributed by atoms with Crippen LogP contribution in [-0.4, -0.2) is 24.0 Å². The lowest BCUT2D eigenvalue weighted by Crippen LogP contribution is -2.32. The molecule has 1 heterocycles. The first-order valence-electron chi connectivity index (χ1n) is 7.35. The summed E-state index contributed by atoms with van der Waals surface area (Å²) in [5, 5.41) is 11.8. The molecule has 0 atom stereocenters. The highest BCUT2D eigenvalue weighted by Crippen LogP contribution is 2.18. The van der Waals surface area contributed by atoms with Crippen LogP contribution < -0.4 is 15.5 Å². The van der Waals surface area contributed by atoms with Crippen molar-refractivity contribution in [3.63, 3.8) is 0 Å². The van der Waals surface area contributed by atoms with E-state index in [-0.39, 0.29) is 12.5 Å². The minimum Gasteiger partial charge on any atom is -0.496 e. The van der Waals surface area contributed by atoms with Crippen molar-refractivity contribution in [2.45, 2.75) is 13.5 Å². The van der Waals surface area contributed by atoms with Crippen LogP contribution in [0.1, 0.15) is 18.1 Å². The van der Waals surface area contributed by atoms with E-state index in [2.05, 4.69) is 20.8 Å². The van der Waals surface area contributed by atoms with Crippen molar-refractivity contribution in [1.82, 2.24) is 10.5 Å². The average Bonchev–Trinajstić information content (AvgIpc) is 2.64. The Kier molecular flexibility index (Phi) is 6.31. The summed E-state index contributed by atoms with van der Waals surface area (Å²) in [4.78, 5) is 24.2. The lowest BCUT2D eigenvalue weighted by Gasteiger charge is -2.11. The predicted octanol–water partition coefficient (Wildman–Crippen LogP) is 2.00. The Morgan fingerprint density at radius 1 is 1.36 bits per heavy atom. The van der Waals surface area contributed by atoms with E-state index in [1.165, 1.54) is 13.1 Å². The van der Waals surface area contributed by atoms with Crippen molar-refractivity contribution in [2.24, 2.45) is 4.99 Å². The van der Waals surface area contributed by atoms with Gasteiger partial charge >= 0.3 is 5.97 Å². The maximum atomic E-state index is 11.0. The fourth-order valence-electron chi connectivity index (χ4n) is 1.91. The van der Waals surface area contributed by atoms with E-state index in [4.69, 9.17) is 14.8 Å². The van der Waals surface area contributed by atoms with E-state index < -0.39 is 5.97 Å². The Hall–Kier alpha value is -3.60. The van der Waals surface area contributed by atoms with Gasteiger partial charge < -0.3 is 14.9 Å². The van der Waals surface area contributed by atoms with Gasteiger partial charge in [-0.05, 0) is 18.2 Å². The Labute approximate surface area is 145 Å². The predicted molar refractivity (Wildman–Crippen MR) is 91.6 cm³/mol. The number of hydrogen-bond donors (Lipinski definition) is 2. The second kappa shape index (κ2) is 8.88. The quantitative estimate of drug-likeness (QED) is 0.498. The number of ether oxygens (including phenoxy) is 1. The molecule has 2 aromatic rings. The number of carbonyl (C=O) groups is 1. The first-order chi connectivity index (χ1) is 12.1. The minimum atomic E-state index is -0.523. The van der Waals surface area contributed by atoms with Gasteiger partial charge in [0, 0.05) is 18.7 Å². The number of anilines is 1. The van der Waals surface area contributed by atoms with Crippen LogP contribution >= 0.6 is 0 Å². The Bertz CT molecular complexity index is 814. The number of benzene rings is 1. The normalized spacial score (nSPS) is 10.5. The van der Waals surface area contributed by atoms with Gasteiger partial charge in [-0.1, -0.05) is 18.2 Å².